The second-order valence-electron chi connectivity index (χ2n) is 8.51. The van der Waals surface area contributed by atoms with Gasteiger partial charge in [0.05, 0.1) is 5.69 Å². The van der Waals surface area contributed by atoms with Crippen LogP contribution in [-0.2, 0) is 24.3 Å². The molecule has 0 unspecified atom stereocenters. The first-order valence-electron chi connectivity index (χ1n) is 11.0. The van der Waals surface area contributed by atoms with Crippen LogP contribution in [0.1, 0.15) is 11.1 Å². The Morgan fingerprint density at radius 2 is 1.91 bits per heavy atom. The zero-order chi connectivity index (χ0) is 22.1. The molecule has 0 aliphatic carbocycles. The van der Waals surface area contributed by atoms with Gasteiger partial charge in [0.2, 0.25) is 11.9 Å². The molecule has 0 atom stereocenters. The summed E-state index contributed by atoms with van der Waals surface area (Å²) in [5, 5.41) is 4.14. The lowest BCUT2D eigenvalue weighted by molar-refractivity contribution is -0.132. The van der Waals surface area contributed by atoms with Crippen LogP contribution in [0.25, 0.3) is 11.3 Å². The van der Waals surface area contributed by atoms with E-state index in [9.17, 15) is 4.79 Å². The first-order chi connectivity index (χ1) is 15.5. The lowest BCUT2D eigenvalue weighted by Crippen LogP contribution is -2.44. The average Bonchev–Trinajstić information content (AvgIpc) is 3.31. The van der Waals surface area contributed by atoms with Crippen molar-refractivity contribution in [1.82, 2.24) is 29.5 Å². The summed E-state index contributed by atoms with van der Waals surface area (Å²) in [6.45, 7) is 5.42. The van der Waals surface area contributed by atoms with Crippen molar-refractivity contribution in [2.24, 2.45) is 0 Å². The number of aromatic nitrogens is 4. The number of carbonyl (C=O) groups is 1. The third kappa shape index (κ3) is 4.29. The van der Waals surface area contributed by atoms with E-state index in [1.54, 1.807) is 10.9 Å². The number of carbonyl (C=O) groups excluding carboxylic acids is 1. The number of nitrogens with zero attached hydrogens (tertiary/aromatic N) is 7. The number of rotatable bonds is 4. The van der Waals surface area contributed by atoms with Crippen molar-refractivity contribution in [1.29, 1.82) is 0 Å². The molecule has 5 rings (SSSR count). The number of fused-ring (bicyclic) bond motifs is 1. The molecule has 2 N–H and O–H groups in total. The topological polar surface area (TPSA) is 96.4 Å². The highest BCUT2D eigenvalue weighted by molar-refractivity contribution is 5.76. The van der Waals surface area contributed by atoms with Gasteiger partial charge in [0.1, 0.15) is 12.4 Å². The molecule has 2 aromatic heterocycles. The minimum absolute atomic E-state index is 0.0772. The number of hydrogen-bond donors (Lipinski definition) is 1. The fourth-order valence-corrected chi connectivity index (χ4v) is 4.36. The van der Waals surface area contributed by atoms with Crippen LogP contribution in [0.4, 0.5) is 11.8 Å². The second-order valence-corrected chi connectivity index (χ2v) is 8.51. The summed E-state index contributed by atoms with van der Waals surface area (Å²) in [6, 6.07) is 10.2. The Bertz CT molecular complexity index is 1110. The lowest BCUT2D eigenvalue weighted by atomic mass is 9.96. The molecule has 9 nitrogen and oxygen atoms in total. The van der Waals surface area contributed by atoms with Gasteiger partial charge in [0.15, 0.2) is 0 Å². The highest BCUT2D eigenvalue weighted by Gasteiger charge is 2.22. The van der Waals surface area contributed by atoms with Crippen molar-refractivity contribution in [3.63, 3.8) is 0 Å². The maximum absolute atomic E-state index is 12.7. The third-order valence-electron chi connectivity index (χ3n) is 6.28. The fourth-order valence-electron chi connectivity index (χ4n) is 4.36. The normalized spacial score (nSPS) is 16.8. The molecule has 32 heavy (non-hydrogen) atoms. The Balaban J connectivity index is 1.36. The van der Waals surface area contributed by atoms with Crippen molar-refractivity contribution in [2.75, 3.05) is 50.4 Å². The number of amides is 1. The summed E-state index contributed by atoms with van der Waals surface area (Å²) in [7, 11) is 2.13. The number of hydrogen-bond acceptors (Lipinski definition) is 7. The van der Waals surface area contributed by atoms with Crippen LogP contribution in [-0.4, -0.2) is 75.2 Å². The van der Waals surface area contributed by atoms with Crippen LogP contribution in [0.15, 0.2) is 42.7 Å². The van der Waals surface area contributed by atoms with Crippen LogP contribution in [0.5, 0.6) is 0 Å². The summed E-state index contributed by atoms with van der Waals surface area (Å²) in [4.78, 5) is 28.2. The Kier molecular flexibility index (Phi) is 5.48. The number of nitrogens with two attached hydrogens (primary N) is 1. The molecule has 1 fully saturated rings. The second kappa shape index (κ2) is 8.58. The lowest BCUT2D eigenvalue weighted by Gasteiger charge is -2.33. The highest BCUT2D eigenvalue weighted by Crippen LogP contribution is 2.28. The quantitative estimate of drug-likeness (QED) is 0.663. The molecule has 0 saturated carbocycles. The molecular formula is C23H28N8O. The molecule has 1 saturated heterocycles. The molecule has 0 bridgehead atoms. The predicted molar refractivity (Wildman–Crippen MR) is 123 cm³/mol. The summed E-state index contributed by atoms with van der Waals surface area (Å²) in [5.74, 6) is 1.23. The van der Waals surface area contributed by atoms with E-state index in [2.05, 4.69) is 50.1 Å². The van der Waals surface area contributed by atoms with Crippen molar-refractivity contribution in [3.8, 4) is 11.3 Å². The van der Waals surface area contributed by atoms with E-state index in [1.165, 1.54) is 5.56 Å². The van der Waals surface area contributed by atoms with Gasteiger partial charge in [0, 0.05) is 63.3 Å². The summed E-state index contributed by atoms with van der Waals surface area (Å²) in [6.07, 6.45) is 4.35. The third-order valence-corrected chi connectivity index (χ3v) is 6.28. The van der Waals surface area contributed by atoms with Crippen LogP contribution >= 0.6 is 0 Å². The van der Waals surface area contributed by atoms with Gasteiger partial charge in [-0.05, 0) is 36.7 Å². The van der Waals surface area contributed by atoms with Gasteiger partial charge < -0.3 is 20.4 Å². The maximum Gasteiger partial charge on any atom is 0.244 e. The van der Waals surface area contributed by atoms with Gasteiger partial charge in [-0.25, -0.2) is 4.98 Å². The zero-order valence-electron chi connectivity index (χ0n) is 18.3. The van der Waals surface area contributed by atoms with Crippen LogP contribution in [0.2, 0.25) is 0 Å². The number of piperazine rings is 1. The van der Waals surface area contributed by atoms with E-state index >= 15 is 0 Å². The Morgan fingerprint density at radius 3 is 2.69 bits per heavy atom. The van der Waals surface area contributed by atoms with Crippen molar-refractivity contribution >= 4 is 17.7 Å². The van der Waals surface area contributed by atoms with Crippen LogP contribution < -0.4 is 10.6 Å². The Hall–Kier alpha value is -3.46. The molecule has 2 aliphatic rings. The molecule has 9 heteroatoms. The van der Waals surface area contributed by atoms with E-state index < -0.39 is 0 Å². The van der Waals surface area contributed by atoms with E-state index in [4.69, 9.17) is 5.73 Å². The first-order valence-corrected chi connectivity index (χ1v) is 11.0. The van der Waals surface area contributed by atoms with Crippen molar-refractivity contribution < 1.29 is 4.79 Å². The summed E-state index contributed by atoms with van der Waals surface area (Å²) >= 11 is 0. The zero-order valence-corrected chi connectivity index (χ0v) is 18.3. The Labute approximate surface area is 187 Å². The van der Waals surface area contributed by atoms with E-state index in [-0.39, 0.29) is 18.4 Å². The van der Waals surface area contributed by atoms with Crippen molar-refractivity contribution in [2.45, 2.75) is 19.5 Å². The number of anilines is 2. The smallest absolute Gasteiger partial charge is 0.244 e. The van der Waals surface area contributed by atoms with Gasteiger partial charge in [-0.3, -0.25) is 9.48 Å². The van der Waals surface area contributed by atoms with Crippen molar-refractivity contribution in [3.05, 3.63) is 53.9 Å². The van der Waals surface area contributed by atoms with Crippen LogP contribution in [0, 0.1) is 0 Å². The molecule has 0 radical (unpaired) electrons. The molecule has 166 valence electrons. The van der Waals surface area contributed by atoms with Gasteiger partial charge in [-0.15, -0.1) is 0 Å². The van der Waals surface area contributed by atoms with E-state index in [1.807, 2.05) is 23.2 Å². The average molecular weight is 433 g/mol. The molecular weight excluding hydrogens is 404 g/mol. The molecule has 4 heterocycles. The number of likely N-dealkylation sites (N-methyl/N-ethyl adjacent to an activating group) is 1. The standard InChI is InChI=1S/C23H28N8O/c1-28-9-11-29(12-10-28)21-14-20(26-23(24)27-21)18-4-3-17-5-8-30(15-19(17)13-18)22(32)16-31-7-2-6-25-31/h2-4,6-7,13-14H,5,8-12,15-16H2,1H3,(H2,24,26,27). The number of benzene rings is 1. The summed E-state index contributed by atoms with van der Waals surface area (Å²) < 4.78 is 1.66. The predicted octanol–water partition coefficient (Wildman–Crippen LogP) is 1.26. The molecule has 1 amide bonds. The number of nitrogen functional groups attached to an aromatic ring is 1. The largest absolute Gasteiger partial charge is 0.368 e. The molecule has 1 aromatic carbocycles. The molecule has 3 aromatic rings. The van der Waals surface area contributed by atoms with Gasteiger partial charge in [0.25, 0.3) is 0 Å². The molecule has 0 spiro atoms. The highest BCUT2D eigenvalue weighted by atomic mass is 16.2. The van der Waals surface area contributed by atoms with Gasteiger partial charge in [-0.1, -0.05) is 12.1 Å². The first kappa shape index (κ1) is 20.4. The Morgan fingerprint density at radius 1 is 1.06 bits per heavy atom. The SMILES string of the molecule is CN1CCN(c2cc(-c3ccc4c(c3)CN(C(=O)Cn3cccn3)CC4)nc(N)n2)CC1. The molecule has 2 aliphatic heterocycles. The minimum Gasteiger partial charge on any atom is -0.368 e. The van der Waals surface area contributed by atoms with E-state index in [0.717, 1.165) is 61.8 Å². The van der Waals surface area contributed by atoms with Gasteiger partial charge in [-0.2, -0.15) is 10.1 Å². The minimum atomic E-state index is 0.0772. The summed E-state index contributed by atoms with van der Waals surface area (Å²) in [5.41, 5.74) is 10.3. The monoisotopic (exact) mass is 432 g/mol. The fraction of sp³-hybridized carbons (Fsp3) is 0.391. The van der Waals surface area contributed by atoms with E-state index in [0.29, 0.717) is 6.54 Å². The van der Waals surface area contributed by atoms with Crippen LogP contribution in [0.3, 0.4) is 0 Å². The van der Waals surface area contributed by atoms with Gasteiger partial charge >= 0.3 is 0 Å². The maximum atomic E-state index is 12.7.